The number of ether oxygens (including phenoxy) is 1. The molecule has 1 rings (SSSR count). The van der Waals surface area contributed by atoms with E-state index in [0.717, 1.165) is 12.1 Å². The zero-order valence-corrected chi connectivity index (χ0v) is 9.99. The van der Waals surface area contributed by atoms with E-state index in [2.05, 4.69) is 4.74 Å². The molecule has 1 amide bonds. The number of rotatable bonds is 4. The van der Waals surface area contributed by atoms with Crippen molar-refractivity contribution in [1.82, 2.24) is 0 Å². The lowest BCUT2D eigenvalue weighted by atomic mass is 10.1. The van der Waals surface area contributed by atoms with Gasteiger partial charge in [-0.25, -0.2) is 4.79 Å². The van der Waals surface area contributed by atoms with Gasteiger partial charge in [-0.3, -0.25) is 4.79 Å². The Labute approximate surface area is 110 Å². The van der Waals surface area contributed by atoms with Crippen LogP contribution in [-0.4, -0.2) is 36.1 Å². The molecule has 0 aromatic heterocycles. The summed E-state index contributed by atoms with van der Waals surface area (Å²) >= 11 is 0. The number of carboxylic acids is 1. The minimum atomic E-state index is -5.61. The third-order valence-electron chi connectivity index (χ3n) is 2.34. The van der Waals surface area contributed by atoms with Gasteiger partial charge in [0.1, 0.15) is 0 Å². The van der Waals surface area contributed by atoms with Gasteiger partial charge in [0.25, 0.3) is 5.91 Å². The Balaban J connectivity index is 3.11. The standard InChI is InChI=1S/C11H9F4NO4/c1-20-10(12,11(13,14)15)9(19)16-7-5-3-2-4-6(7)8(17)18/h2-5H,1H3,(H,16,19)(H,17,18)/t10-/m0/s1. The normalized spacial score (nSPS) is 14.4. The number of nitrogens with one attached hydrogen (secondary N) is 1. The number of para-hydroxylation sites is 1. The fourth-order valence-electron chi connectivity index (χ4n) is 1.32. The molecule has 0 fully saturated rings. The third-order valence-corrected chi connectivity index (χ3v) is 2.34. The Morgan fingerprint density at radius 2 is 1.75 bits per heavy atom. The van der Waals surface area contributed by atoms with E-state index in [9.17, 15) is 27.2 Å². The minimum Gasteiger partial charge on any atom is -0.478 e. The lowest BCUT2D eigenvalue weighted by molar-refractivity contribution is -0.305. The van der Waals surface area contributed by atoms with Gasteiger partial charge in [-0.05, 0) is 12.1 Å². The Hall–Kier alpha value is -2.16. The van der Waals surface area contributed by atoms with Crippen molar-refractivity contribution in [3.05, 3.63) is 29.8 Å². The Bertz CT molecular complexity index is 531. The van der Waals surface area contributed by atoms with E-state index in [1.807, 2.05) is 0 Å². The van der Waals surface area contributed by atoms with Gasteiger partial charge < -0.3 is 15.2 Å². The maximum Gasteiger partial charge on any atom is 0.458 e. The van der Waals surface area contributed by atoms with Crippen LogP contribution in [0.3, 0.4) is 0 Å². The number of alkyl halides is 4. The van der Waals surface area contributed by atoms with Crippen LogP contribution in [0.1, 0.15) is 10.4 Å². The van der Waals surface area contributed by atoms with Crippen LogP contribution < -0.4 is 5.32 Å². The van der Waals surface area contributed by atoms with Crippen molar-refractivity contribution < 1.29 is 37.0 Å². The van der Waals surface area contributed by atoms with Crippen molar-refractivity contribution >= 4 is 17.6 Å². The summed E-state index contributed by atoms with van der Waals surface area (Å²) in [6.45, 7) is 0. The van der Waals surface area contributed by atoms with Crippen molar-refractivity contribution in [2.24, 2.45) is 0 Å². The first-order valence-corrected chi connectivity index (χ1v) is 5.08. The number of benzene rings is 1. The number of carboxylic acid groups (broad SMARTS) is 1. The summed E-state index contributed by atoms with van der Waals surface area (Å²) in [5.41, 5.74) is -0.963. The number of carbonyl (C=O) groups excluding carboxylic acids is 1. The molecule has 20 heavy (non-hydrogen) atoms. The summed E-state index contributed by atoms with van der Waals surface area (Å²) < 4.78 is 54.4. The second-order valence-corrected chi connectivity index (χ2v) is 3.60. The van der Waals surface area contributed by atoms with Gasteiger partial charge in [0.2, 0.25) is 0 Å². The largest absolute Gasteiger partial charge is 0.478 e. The average Bonchev–Trinajstić information content (AvgIpc) is 2.36. The molecule has 110 valence electrons. The summed E-state index contributed by atoms with van der Waals surface area (Å²) in [5, 5.41) is 10.4. The summed E-state index contributed by atoms with van der Waals surface area (Å²) in [6.07, 6.45) is -5.61. The van der Waals surface area contributed by atoms with Crippen LogP contribution in [0.15, 0.2) is 24.3 Å². The van der Waals surface area contributed by atoms with Crippen LogP contribution >= 0.6 is 0 Å². The van der Waals surface area contributed by atoms with E-state index >= 15 is 0 Å². The molecule has 1 aromatic rings. The van der Waals surface area contributed by atoms with E-state index in [-0.39, 0.29) is 0 Å². The molecule has 0 saturated carbocycles. The highest BCUT2D eigenvalue weighted by Gasteiger charge is 2.63. The van der Waals surface area contributed by atoms with Gasteiger partial charge in [-0.2, -0.15) is 17.6 Å². The maximum atomic E-state index is 13.5. The zero-order valence-electron chi connectivity index (χ0n) is 9.99. The molecule has 0 aliphatic heterocycles. The van der Waals surface area contributed by atoms with Gasteiger partial charge in [-0.15, -0.1) is 0 Å². The number of hydrogen-bond donors (Lipinski definition) is 2. The number of methoxy groups -OCH3 is 1. The Morgan fingerprint density at radius 1 is 1.20 bits per heavy atom. The van der Waals surface area contributed by atoms with Crippen LogP contribution in [0, 0.1) is 0 Å². The summed E-state index contributed by atoms with van der Waals surface area (Å²) in [7, 11) is 0.371. The molecule has 0 radical (unpaired) electrons. The molecule has 0 heterocycles. The molecule has 1 aromatic carbocycles. The minimum absolute atomic E-state index is 0.371. The topological polar surface area (TPSA) is 75.6 Å². The second-order valence-electron chi connectivity index (χ2n) is 3.60. The zero-order chi connectivity index (χ0) is 15.6. The average molecular weight is 295 g/mol. The van der Waals surface area contributed by atoms with E-state index in [1.165, 1.54) is 12.1 Å². The van der Waals surface area contributed by atoms with E-state index in [0.29, 0.717) is 7.11 Å². The van der Waals surface area contributed by atoms with Gasteiger partial charge in [0, 0.05) is 7.11 Å². The van der Waals surface area contributed by atoms with Crippen molar-refractivity contribution in [2.75, 3.05) is 12.4 Å². The van der Waals surface area contributed by atoms with Gasteiger partial charge >= 0.3 is 18.0 Å². The fraction of sp³-hybridized carbons (Fsp3) is 0.273. The molecular weight excluding hydrogens is 286 g/mol. The molecule has 0 aliphatic carbocycles. The first kappa shape index (κ1) is 15.9. The smallest absolute Gasteiger partial charge is 0.458 e. The number of carbonyl (C=O) groups is 2. The second kappa shape index (κ2) is 5.45. The van der Waals surface area contributed by atoms with Crippen molar-refractivity contribution in [3.8, 4) is 0 Å². The molecule has 9 heteroatoms. The molecule has 0 unspecified atom stereocenters. The summed E-state index contributed by atoms with van der Waals surface area (Å²) in [6, 6.07) is 4.62. The fourth-order valence-corrected chi connectivity index (χ4v) is 1.32. The van der Waals surface area contributed by atoms with Gasteiger partial charge in [0.15, 0.2) is 0 Å². The van der Waals surface area contributed by atoms with Crippen LogP contribution in [-0.2, 0) is 9.53 Å². The summed E-state index contributed by atoms with van der Waals surface area (Å²) in [5.74, 6) is -8.23. The SMILES string of the molecule is CO[C@@](F)(C(=O)Nc1ccccc1C(=O)O)C(F)(F)F. The van der Waals surface area contributed by atoms with Crippen LogP contribution in [0.25, 0.3) is 0 Å². The van der Waals surface area contributed by atoms with Gasteiger partial charge in [0.05, 0.1) is 11.3 Å². The van der Waals surface area contributed by atoms with Crippen molar-refractivity contribution in [1.29, 1.82) is 0 Å². The van der Waals surface area contributed by atoms with Crippen LogP contribution in [0.2, 0.25) is 0 Å². The van der Waals surface area contributed by atoms with Crippen LogP contribution in [0.5, 0.6) is 0 Å². The lowest BCUT2D eigenvalue weighted by Gasteiger charge is -2.25. The summed E-state index contributed by atoms with van der Waals surface area (Å²) in [4.78, 5) is 22.2. The predicted molar refractivity (Wildman–Crippen MR) is 58.9 cm³/mol. The number of anilines is 1. The molecule has 0 saturated heterocycles. The molecule has 0 spiro atoms. The first-order valence-electron chi connectivity index (χ1n) is 5.08. The molecule has 0 bridgehead atoms. The van der Waals surface area contributed by atoms with E-state index in [1.54, 1.807) is 5.32 Å². The monoisotopic (exact) mass is 295 g/mol. The van der Waals surface area contributed by atoms with Crippen molar-refractivity contribution in [3.63, 3.8) is 0 Å². The lowest BCUT2D eigenvalue weighted by Crippen LogP contribution is -2.52. The third kappa shape index (κ3) is 2.87. The molecule has 5 nitrogen and oxygen atoms in total. The van der Waals surface area contributed by atoms with Gasteiger partial charge in [-0.1, -0.05) is 12.1 Å². The number of amides is 1. The van der Waals surface area contributed by atoms with Crippen LogP contribution in [0.4, 0.5) is 23.2 Å². The first-order chi connectivity index (χ1) is 9.13. The molecule has 2 N–H and O–H groups in total. The number of aromatic carboxylic acids is 1. The van der Waals surface area contributed by atoms with E-state index < -0.39 is 35.2 Å². The molecule has 0 aliphatic rings. The number of halogens is 4. The highest BCUT2D eigenvalue weighted by Crippen LogP contribution is 2.35. The highest BCUT2D eigenvalue weighted by molar-refractivity contribution is 6.03. The molecule has 1 atom stereocenters. The Kier molecular flexibility index (Phi) is 4.33. The van der Waals surface area contributed by atoms with E-state index in [4.69, 9.17) is 5.11 Å². The Morgan fingerprint density at radius 3 is 2.20 bits per heavy atom. The predicted octanol–water partition coefficient (Wildman–Crippen LogP) is 2.20. The van der Waals surface area contributed by atoms with Crippen molar-refractivity contribution in [2.45, 2.75) is 12.0 Å². The quantitative estimate of drug-likeness (QED) is 0.835. The highest BCUT2D eigenvalue weighted by atomic mass is 19.4. The number of hydrogen-bond acceptors (Lipinski definition) is 3. The maximum absolute atomic E-state index is 13.5. The molecular formula is C11H9F4NO4.